The number of halogens is 1. The molecule has 2 aromatic carbocycles. The quantitative estimate of drug-likeness (QED) is 0.778. The highest BCUT2D eigenvalue weighted by molar-refractivity contribution is 6.32. The molecule has 0 radical (unpaired) electrons. The summed E-state index contributed by atoms with van der Waals surface area (Å²) in [5.74, 6) is -0.752. The number of aromatic hydroxyl groups is 2. The maximum atomic E-state index is 13.2. The fourth-order valence-electron chi connectivity index (χ4n) is 4.40. The molecule has 2 aliphatic rings. The summed E-state index contributed by atoms with van der Waals surface area (Å²) >= 11 is 5.97. The van der Waals surface area contributed by atoms with Crippen LogP contribution in [0.5, 0.6) is 11.5 Å². The van der Waals surface area contributed by atoms with Gasteiger partial charge in [-0.2, -0.15) is 0 Å². The summed E-state index contributed by atoms with van der Waals surface area (Å²) in [7, 11) is 2.16. The van der Waals surface area contributed by atoms with Gasteiger partial charge in [-0.15, -0.1) is 0 Å². The van der Waals surface area contributed by atoms with Gasteiger partial charge in [0.25, 0.3) is 5.91 Å². The summed E-state index contributed by atoms with van der Waals surface area (Å²) in [5.41, 5.74) is 2.50. The maximum absolute atomic E-state index is 13.2. The smallest absolute Gasteiger partial charge is 0.258 e. The highest BCUT2D eigenvalue weighted by Gasteiger charge is 2.32. The number of benzene rings is 2. The van der Waals surface area contributed by atoms with Crippen molar-refractivity contribution in [2.75, 3.05) is 39.8 Å². The molecular weight excluding hydrogens is 402 g/mol. The van der Waals surface area contributed by atoms with Gasteiger partial charge < -0.3 is 20.0 Å². The number of carbonyl (C=O) groups is 1. The number of phenols is 2. The Bertz CT molecular complexity index is 928. The number of likely N-dealkylation sites (tertiary alicyclic amines) is 1. The normalized spacial score (nSPS) is 20.6. The van der Waals surface area contributed by atoms with Crippen LogP contribution in [0.3, 0.4) is 0 Å². The summed E-state index contributed by atoms with van der Waals surface area (Å²) in [6.45, 7) is 5.85. The van der Waals surface area contributed by atoms with Crippen molar-refractivity contribution >= 4 is 17.5 Å². The van der Waals surface area contributed by atoms with Crippen molar-refractivity contribution in [3.8, 4) is 11.5 Å². The third-order valence-electron chi connectivity index (χ3n) is 6.15. The van der Waals surface area contributed by atoms with Crippen LogP contribution in [0.15, 0.2) is 36.4 Å². The maximum Gasteiger partial charge on any atom is 0.258 e. The number of piperazine rings is 1. The number of phenolic OH excluding ortho intramolecular Hbond substituents is 2. The minimum atomic E-state index is -0.263. The summed E-state index contributed by atoms with van der Waals surface area (Å²) < 4.78 is 0. The summed E-state index contributed by atoms with van der Waals surface area (Å²) in [6, 6.07) is 10.9. The van der Waals surface area contributed by atoms with Crippen LogP contribution in [0, 0.1) is 0 Å². The van der Waals surface area contributed by atoms with Crippen molar-refractivity contribution in [2.45, 2.75) is 25.4 Å². The lowest BCUT2D eigenvalue weighted by Crippen LogP contribution is -2.43. The fraction of sp³-hybridized carbons (Fsp3) is 0.435. The lowest BCUT2D eigenvalue weighted by molar-refractivity contribution is 0.0732. The van der Waals surface area contributed by atoms with Crippen molar-refractivity contribution < 1.29 is 15.0 Å². The molecular formula is C23H28ClN3O3. The van der Waals surface area contributed by atoms with Crippen molar-refractivity contribution in [3.63, 3.8) is 0 Å². The Hall–Kier alpha value is -2.28. The molecule has 0 spiro atoms. The van der Waals surface area contributed by atoms with E-state index in [1.54, 1.807) is 4.90 Å². The molecule has 0 saturated carbocycles. The van der Waals surface area contributed by atoms with Crippen LogP contribution < -0.4 is 0 Å². The first-order valence-electron chi connectivity index (χ1n) is 10.4. The monoisotopic (exact) mass is 429 g/mol. The number of nitrogens with zero attached hydrogens (tertiary/aromatic N) is 3. The minimum absolute atomic E-state index is 0.0306. The molecule has 1 unspecified atom stereocenters. The second-order valence-electron chi connectivity index (χ2n) is 8.30. The van der Waals surface area contributed by atoms with Crippen molar-refractivity contribution in [1.29, 1.82) is 0 Å². The van der Waals surface area contributed by atoms with Crippen molar-refractivity contribution in [3.05, 3.63) is 58.1 Å². The molecule has 2 heterocycles. The molecule has 6 nitrogen and oxygen atoms in total. The van der Waals surface area contributed by atoms with Gasteiger partial charge in [-0.1, -0.05) is 35.9 Å². The number of hydrogen-bond donors (Lipinski definition) is 2. The van der Waals surface area contributed by atoms with E-state index in [1.165, 1.54) is 11.6 Å². The van der Waals surface area contributed by atoms with E-state index >= 15 is 0 Å². The Labute approximate surface area is 182 Å². The number of amides is 1. The topological polar surface area (TPSA) is 67.2 Å². The van der Waals surface area contributed by atoms with E-state index in [4.69, 9.17) is 11.6 Å². The van der Waals surface area contributed by atoms with Crippen LogP contribution in [-0.4, -0.2) is 70.6 Å². The van der Waals surface area contributed by atoms with Gasteiger partial charge in [0.1, 0.15) is 11.5 Å². The van der Waals surface area contributed by atoms with Crippen molar-refractivity contribution in [1.82, 2.24) is 14.7 Å². The Morgan fingerprint density at radius 3 is 2.60 bits per heavy atom. The lowest BCUT2D eigenvalue weighted by atomic mass is 10.0. The highest BCUT2D eigenvalue weighted by Crippen LogP contribution is 2.37. The van der Waals surface area contributed by atoms with E-state index in [0.717, 1.165) is 57.2 Å². The molecule has 160 valence electrons. The first kappa shape index (κ1) is 21.0. The average Bonchev–Trinajstić information content (AvgIpc) is 3.22. The van der Waals surface area contributed by atoms with Gasteiger partial charge >= 0.3 is 0 Å². The predicted octanol–water partition coefficient (Wildman–Crippen LogP) is 3.48. The molecule has 0 aromatic heterocycles. The highest BCUT2D eigenvalue weighted by atomic mass is 35.5. The summed E-state index contributed by atoms with van der Waals surface area (Å²) in [5, 5.41) is 19.9. The van der Waals surface area contributed by atoms with Crippen LogP contribution in [0.25, 0.3) is 0 Å². The van der Waals surface area contributed by atoms with Crippen LogP contribution in [0.4, 0.5) is 0 Å². The number of carbonyl (C=O) groups excluding carboxylic acids is 1. The van der Waals surface area contributed by atoms with Gasteiger partial charge in [-0.3, -0.25) is 9.69 Å². The number of hydrogen-bond acceptors (Lipinski definition) is 5. The molecule has 2 aliphatic heterocycles. The van der Waals surface area contributed by atoms with E-state index in [9.17, 15) is 15.0 Å². The molecule has 0 aliphatic carbocycles. The van der Waals surface area contributed by atoms with Gasteiger partial charge in [-0.05, 0) is 37.1 Å². The molecule has 2 N–H and O–H groups in total. The molecule has 4 rings (SSSR count). The number of rotatable bonds is 4. The summed E-state index contributed by atoms with van der Waals surface area (Å²) in [4.78, 5) is 19.8. The second kappa shape index (κ2) is 8.84. The van der Waals surface area contributed by atoms with Crippen LogP contribution in [0.1, 0.15) is 40.4 Å². The Kier molecular flexibility index (Phi) is 6.18. The SMILES string of the molecule is CN1CCN(Cc2cccc(C3CCCN3C(=O)c3cc(Cl)c(O)cc3O)c2)CC1. The first-order chi connectivity index (χ1) is 14.4. The van der Waals surface area contributed by atoms with Crippen molar-refractivity contribution in [2.24, 2.45) is 0 Å². The first-order valence-corrected chi connectivity index (χ1v) is 10.8. The molecule has 2 fully saturated rings. The van der Waals surface area contributed by atoms with E-state index in [-0.39, 0.29) is 34.0 Å². The second-order valence-corrected chi connectivity index (χ2v) is 8.71. The van der Waals surface area contributed by atoms with Gasteiger partial charge in [0, 0.05) is 45.3 Å². The third kappa shape index (κ3) is 4.41. The van der Waals surface area contributed by atoms with Crippen LogP contribution in [-0.2, 0) is 6.54 Å². The van der Waals surface area contributed by atoms with Crippen LogP contribution >= 0.6 is 11.6 Å². The zero-order valence-electron chi connectivity index (χ0n) is 17.2. The van der Waals surface area contributed by atoms with E-state index in [2.05, 4.69) is 41.1 Å². The van der Waals surface area contributed by atoms with E-state index < -0.39 is 0 Å². The molecule has 1 atom stereocenters. The zero-order valence-corrected chi connectivity index (χ0v) is 18.0. The van der Waals surface area contributed by atoms with Gasteiger partial charge in [-0.25, -0.2) is 0 Å². The molecule has 2 saturated heterocycles. The zero-order chi connectivity index (χ0) is 21.3. The molecule has 7 heteroatoms. The van der Waals surface area contributed by atoms with E-state index in [0.29, 0.717) is 6.54 Å². The van der Waals surface area contributed by atoms with Crippen LogP contribution in [0.2, 0.25) is 5.02 Å². The van der Waals surface area contributed by atoms with Gasteiger partial charge in [0.05, 0.1) is 16.6 Å². The molecule has 1 amide bonds. The van der Waals surface area contributed by atoms with E-state index in [1.807, 2.05) is 0 Å². The Morgan fingerprint density at radius 1 is 1.07 bits per heavy atom. The summed E-state index contributed by atoms with van der Waals surface area (Å²) in [6.07, 6.45) is 1.79. The molecule has 30 heavy (non-hydrogen) atoms. The standard InChI is InChI=1S/C23H28ClN3O3/c1-25-8-10-26(11-9-25)15-16-4-2-5-17(12-16)20-6-3-7-27(20)23(30)18-13-19(24)22(29)14-21(18)28/h2,4-5,12-14,20,28-29H,3,6-11,15H2,1H3. The Balaban J connectivity index is 1.52. The minimum Gasteiger partial charge on any atom is -0.507 e. The lowest BCUT2D eigenvalue weighted by Gasteiger charge is -2.32. The third-order valence-corrected chi connectivity index (χ3v) is 6.45. The fourth-order valence-corrected chi connectivity index (χ4v) is 4.56. The molecule has 2 aromatic rings. The average molecular weight is 430 g/mol. The molecule has 0 bridgehead atoms. The van der Waals surface area contributed by atoms with Gasteiger partial charge in [0.15, 0.2) is 0 Å². The van der Waals surface area contributed by atoms with Gasteiger partial charge in [0.2, 0.25) is 0 Å². The predicted molar refractivity (Wildman–Crippen MR) is 117 cm³/mol. The Morgan fingerprint density at radius 2 is 1.83 bits per heavy atom. The largest absolute Gasteiger partial charge is 0.507 e. The number of likely N-dealkylation sites (N-methyl/N-ethyl adjacent to an activating group) is 1.